The van der Waals surface area contributed by atoms with Gasteiger partial charge in [0.05, 0.1) is 5.69 Å². The molecule has 0 atom stereocenters. The Bertz CT molecular complexity index is 713. The standard InChI is InChI=1S/C12H6ClF4N3/c1-6-4-7(14)2-3-9(6)20-11(13)8(5-18)10(19-20)12(15,16)17/h2-4H,1H3. The highest BCUT2D eigenvalue weighted by Crippen LogP contribution is 2.35. The third kappa shape index (κ3) is 2.34. The molecule has 0 saturated carbocycles. The number of halogens is 5. The minimum absolute atomic E-state index is 0.170. The summed E-state index contributed by atoms with van der Waals surface area (Å²) >= 11 is 5.77. The van der Waals surface area contributed by atoms with Gasteiger partial charge in [-0.25, -0.2) is 9.07 Å². The molecule has 1 heterocycles. The van der Waals surface area contributed by atoms with Crippen molar-refractivity contribution in [2.24, 2.45) is 0 Å². The van der Waals surface area contributed by atoms with Crippen LogP contribution in [0.4, 0.5) is 17.6 Å². The molecule has 0 radical (unpaired) electrons. The van der Waals surface area contributed by atoms with Gasteiger partial charge in [-0.1, -0.05) is 11.6 Å². The third-order valence-electron chi connectivity index (χ3n) is 2.60. The van der Waals surface area contributed by atoms with Gasteiger partial charge >= 0.3 is 6.18 Å². The van der Waals surface area contributed by atoms with Gasteiger partial charge in [0.15, 0.2) is 10.8 Å². The first kappa shape index (κ1) is 14.3. The van der Waals surface area contributed by atoms with Crippen LogP contribution in [0.25, 0.3) is 5.69 Å². The lowest BCUT2D eigenvalue weighted by atomic mass is 10.2. The summed E-state index contributed by atoms with van der Waals surface area (Å²) < 4.78 is 52.1. The fourth-order valence-electron chi connectivity index (χ4n) is 1.71. The van der Waals surface area contributed by atoms with E-state index in [4.69, 9.17) is 16.9 Å². The monoisotopic (exact) mass is 303 g/mol. The number of aryl methyl sites for hydroxylation is 1. The van der Waals surface area contributed by atoms with Gasteiger partial charge in [-0.2, -0.15) is 23.5 Å². The van der Waals surface area contributed by atoms with Gasteiger partial charge in [-0.3, -0.25) is 0 Å². The fourth-order valence-corrected chi connectivity index (χ4v) is 1.97. The number of rotatable bonds is 1. The number of hydrogen-bond acceptors (Lipinski definition) is 2. The molecular weight excluding hydrogens is 298 g/mol. The van der Waals surface area contributed by atoms with Crippen molar-refractivity contribution in [2.75, 3.05) is 0 Å². The zero-order valence-electron chi connectivity index (χ0n) is 9.96. The van der Waals surface area contributed by atoms with Crippen LogP contribution >= 0.6 is 11.6 Å². The maximum absolute atomic E-state index is 13.0. The number of hydrogen-bond donors (Lipinski definition) is 0. The fraction of sp³-hybridized carbons (Fsp3) is 0.167. The molecule has 0 unspecified atom stereocenters. The smallest absolute Gasteiger partial charge is 0.220 e. The van der Waals surface area contributed by atoms with Crippen LogP contribution in [-0.4, -0.2) is 9.78 Å². The summed E-state index contributed by atoms with van der Waals surface area (Å²) in [4.78, 5) is 0. The summed E-state index contributed by atoms with van der Waals surface area (Å²) in [5.74, 6) is -0.536. The van der Waals surface area contributed by atoms with Crippen molar-refractivity contribution in [3.63, 3.8) is 0 Å². The molecule has 0 amide bonds. The topological polar surface area (TPSA) is 41.6 Å². The predicted octanol–water partition coefficient (Wildman–Crippen LogP) is 3.86. The average Bonchev–Trinajstić information content (AvgIpc) is 2.66. The predicted molar refractivity (Wildman–Crippen MR) is 63.0 cm³/mol. The third-order valence-corrected chi connectivity index (χ3v) is 2.95. The van der Waals surface area contributed by atoms with E-state index < -0.39 is 28.4 Å². The lowest BCUT2D eigenvalue weighted by molar-refractivity contribution is -0.141. The normalized spacial score (nSPS) is 11.4. The van der Waals surface area contributed by atoms with Crippen molar-refractivity contribution in [1.82, 2.24) is 9.78 Å². The van der Waals surface area contributed by atoms with Gasteiger partial charge < -0.3 is 0 Å². The van der Waals surface area contributed by atoms with Crippen molar-refractivity contribution >= 4 is 11.6 Å². The van der Waals surface area contributed by atoms with Crippen LogP contribution in [-0.2, 0) is 6.18 Å². The Morgan fingerprint density at radius 1 is 1.35 bits per heavy atom. The molecule has 0 saturated heterocycles. The van der Waals surface area contributed by atoms with Crippen LogP contribution in [0, 0.1) is 24.1 Å². The highest BCUT2D eigenvalue weighted by molar-refractivity contribution is 6.31. The molecule has 0 fully saturated rings. The number of alkyl halides is 3. The molecule has 20 heavy (non-hydrogen) atoms. The molecule has 0 N–H and O–H groups in total. The van der Waals surface area contributed by atoms with Crippen LogP contribution in [0.5, 0.6) is 0 Å². The van der Waals surface area contributed by atoms with Gasteiger partial charge in [-0.15, -0.1) is 0 Å². The van der Waals surface area contributed by atoms with Gasteiger partial charge in [0.1, 0.15) is 17.4 Å². The largest absolute Gasteiger partial charge is 0.436 e. The minimum Gasteiger partial charge on any atom is -0.220 e. The van der Waals surface area contributed by atoms with Crippen molar-refractivity contribution < 1.29 is 17.6 Å². The summed E-state index contributed by atoms with van der Waals surface area (Å²) in [6.07, 6.45) is -4.80. The summed E-state index contributed by atoms with van der Waals surface area (Å²) in [6, 6.07) is 4.82. The molecule has 2 rings (SSSR count). The first-order valence-electron chi connectivity index (χ1n) is 5.28. The molecule has 0 bridgehead atoms. The second-order valence-corrected chi connectivity index (χ2v) is 4.32. The second kappa shape index (κ2) is 4.80. The van der Waals surface area contributed by atoms with Gasteiger partial charge in [-0.05, 0) is 30.7 Å². The molecule has 0 aliphatic carbocycles. The van der Waals surface area contributed by atoms with Crippen LogP contribution < -0.4 is 0 Å². The van der Waals surface area contributed by atoms with E-state index >= 15 is 0 Å². The van der Waals surface area contributed by atoms with Gasteiger partial charge in [0.25, 0.3) is 0 Å². The SMILES string of the molecule is Cc1cc(F)ccc1-n1nc(C(F)(F)F)c(C#N)c1Cl. The van der Waals surface area contributed by atoms with E-state index in [1.807, 2.05) is 0 Å². The number of aromatic nitrogens is 2. The van der Waals surface area contributed by atoms with Crippen molar-refractivity contribution in [2.45, 2.75) is 13.1 Å². The molecule has 1 aromatic heterocycles. The minimum atomic E-state index is -4.80. The molecule has 104 valence electrons. The van der Waals surface area contributed by atoms with Crippen molar-refractivity contribution in [3.05, 3.63) is 46.0 Å². The maximum atomic E-state index is 13.0. The van der Waals surface area contributed by atoms with Crippen molar-refractivity contribution in [1.29, 1.82) is 5.26 Å². The van der Waals surface area contributed by atoms with E-state index in [2.05, 4.69) is 5.10 Å². The van der Waals surface area contributed by atoms with Crippen molar-refractivity contribution in [3.8, 4) is 11.8 Å². The Kier molecular flexibility index (Phi) is 3.44. The quantitative estimate of drug-likeness (QED) is 0.751. The molecule has 0 aliphatic heterocycles. The highest BCUT2D eigenvalue weighted by Gasteiger charge is 2.39. The van der Waals surface area contributed by atoms with E-state index in [-0.39, 0.29) is 5.69 Å². The number of nitriles is 1. The maximum Gasteiger partial charge on any atom is 0.436 e. The summed E-state index contributed by atoms with van der Waals surface area (Å²) in [5, 5.41) is 11.7. The van der Waals surface area contributed by atoms with Crippen LogP contribution in [0.2, 0.25) is 5.15 Å². The Morgan fingerprint density at radius 2 is 2.00 bits per heavy atom. The molecule has 8 heteroatoms. The lowest BCUT2D eigenvalue weighted by Crippen LogP contribution is -2.09. The molecular formula is C12H6ClF4N3. The van der Waals surface area contributed by atoms with Gasteiger partial charge in [0.2, 0.25) is 0 Å². The molecule has 0 spiro atoms. The number of benzene rings is 1. The average molecular weight is 304 g/mol. The van der Waals surface area contributed by atoms with Crippen LogP contribution in [0.3, 0.4) is 0 Å². The summed E-state index contributed by atoms with van der Waals surface area (Å²) in [6.45, 7) is 1.50. The molecule has 0 aliphatic rings. The first-order chi connectivity index (χ1) is 9.25. The van der Waals surface area contributed by atoms with E-state index in [9.17, 15) is 17.6 Å². The zero-order chi connectivity index (χ0) is 15.1. The molecule has 1 aromatic carbocycles. The van der Waals surface area contributed by atoms with E-state index in [0.29, 0.717) is 5.56 Å². The summed E-state index contributed by atoms with van der Waals surface area (Å²) in [7, 11) is 0. The first-order valence-corrected chi connectivity index (χ1v) is 5.66. The van der Waals surface area contributed by atoms with Crippen LogP contribution in [0.1, 0.15) is 16.8 Å². The Hall–Kier alpha value is -2.07. The Balaban J connectivity index is 2.71. The Labute approximate surface area is 116 Å². The Morgan fingerprint density at radius 3 is 2.45 bits per heavy atom. The number of nitrogens with zero attached hydrogens (tertiary/aromatic N) is 3. The molecule has 2 aromatic rings. The molecule has 3 nitrogen and oxygen atoms in total. The second-order valence-electron chi connectivity index (χ2n) is 3.97. The van der Waals surface area contributed by atoms with E-state index in [0.717, 1.165) is 16.8 Å². The van der Waals surface area contributed by atoms with E-state index in [1.54, 1.807) is 0 Å². The van der Waals surface area contributed by atoms with E-state index in [1.165, 1.54) is 19.1 Å². The summed E-state index contributed by atoms with van der Waals surface area (Å²) in [5.41, 5.74) is -1.62. The highest BCUT2D eigenvalue weighted by atomic mass is 35.5. The lowest BCUT2D eigenvalue weighted by Gasteiger charge is -2.07. The van der Waals surface area contributed by atoms with Gasteiger partial charge in [0, 0.05) is 0 Å². The zero-order valence-corrected chi connectivity index (χ0v) is 10.7. The van der Waals surface area contributed by atoms with Crippen LogP contribution in [0.15, 0.2) is 18.2 Å².